The van der Waals surface area contributed by atoms with E-state index in [1.54, 1.807) is 0 Å². The second-order valence-electron chi connectivity index (χ2n) is 6.01. The average Bonchev–Trinajstić information content (AvgIpc) is 2.67. The normalized spacial score (nSPS) is 16.0. The summed E-state index contributed by atoms with van der Waals surface area (Å²) in [6.45, 7) is 8.82. The van der Waals surface area contributed by atoms with Gasteiger partial charge in [0.05, 0.1) is 5.41 Å². The van der Waals surface area contributed by atoms with E-state index in [0.717, 1.165) is 16.2 Å². The first-order valence-electron chi connectivity index (χ1n) is 7.09. The Morgan fingerprint density at radius 1 is 1.05 bits per heavy atom. The van der Waals surface area contributed by atoms with E-state index < -0.39 is 0 Å². The van der Waals surface area contributed by atoms with E-state index in [1.807, 2.05) is 24.3 Å². The minimum atomic E-state index is -0.0817. The van der Waals surface area contributed by atoms with Gasteiger partial charge in [0.15, 0.2) is 5.71 Å². The second-order valence-corrected chi connectivity index (χ2v) is 6.42. The number of allylic oxidation sites excluding steroid dienone is 1. The number of para-hydroxylation sites is 1. The molecule has 1 aliphatic rings. The molecular formula is C19H19ClN+. The molecule has 0 N–H and O–H groups in total. The zero-order chi connectivity index (χ0) is 15.2. The molecule has 0 radical (unpaired) electrons. The first-order chi connectivity index (χ1) is 9.94. The Hall–Kier alpha value is -1.86. The van der Waals surface area contributed by atoms with Gasteiger partial charge in [0.2, 0.25) is 5.69 Å². The van der Waals surface area contributed by atoms with E-state index in [0.29, 0.717) is 0 Å². The monoisotopic (exact) mass is 296 g/mol. The van der Waals surface area contributed by atoms with Crippen LogP contribution in [0.4, 0.5) is 5.69 Å². The van der Waals surface area contributed by atoms with Gasteiger partial charge in [0.25, 0.3) is 0 Å². The molecule has 0 saturated carbocycles. The Bertz CT molecular complexity index is 769. The van der Waals surface area contributed by atoms with Crippen LogP contribution in [0.2, 0.25) is 5.02 Å². The molecule has 2 aromatic carbocycles. The first-order valence-corrected chi connectivity index (χ1v) is 7.47. The standard InChI is InChI=1S/C19H19ClN/c1-13(14-9-5-7-11-16(14)20)18-19(2,3)15-10-6-8-12-17(15)21(18)4/h5-12H,1H2,2-4H3/q+1. The van der Waals surface area contributed by atoms with Gasteiger partial charge < -0.3 is 0 Å². The Labute approximate surface area is 131 Å². The average molecular weight is 297 g/mol. The van der Waals surface area contributed by atoms with Crippen LogP contribution in [0.1, 0.15) is 25.0 Å². The highest BCUT2D eigenvalue weighted by atomic mass is 35.5. The molecule has 3 rings (SSSR count). The lowest BCUT2D eigenvalue weighted by atomic mass is 9.78. The number of hydrogen-bond donors (Lipinski definition) is 0. The van der Waals surface area contributed by atoms with Gasteiger partial charge in [-0.2, -0.15) is 4.58 Å². The summed E-state index contributed by atoms with van der Waals surface area (Å²) in [7, 11) is 2.10. The zero-order valence-electron chi connectivity index (χ0n) is 12.7. The van der Waals surface area contributed by atoms with Gasteiger partial charge >= 0.3 is 0 Å². The van der Waals surface area contributed by atoms with Gasteiger partial charge in [-0.15, -0.1) is 0 Å². The van der Waals surface area contributed by atoms with Crippen LogP contribution >= 0.6 is 11.6 Å². The summed E-state index contributed by atoms with van der Waals surface area (Å²) in [5.74, 6) is 0. The van der Waals surface area contributed by atoms with E-state index in [1.165, 1.54) is 17.0 Å². The van der Waals surface area contributed by atoms with Crippen LogP contribution in [0.15, 0.2) is 55.1 Å². The summed E-state index contributed by atoms with van der Waals surface area (Å²) >= 11 is 6.36. The van der Waals surface area contributed by atoms with Crippen LogP contribution in [0.3, 0.4) is 0 Å². The van der Waals surface area contributed by atoms with Crippen LogP contribution in [0.25, 0.3) is 5.57 Å². The van der Waals surface area contributed by atoms with Gasteiger partial charge in [-0.3, -0.25) is 0 Å². The van der Waals surface area contributed by atoms with E-state index in [2.05, 4.69) is 56.3 Å². The molecule has 0 amide bonds. The SMILES string of the molecule is C=C(C1=[N+](C)c2ccccc2C1(C)C)c1ccccc1Cl. The van der Waals surface area contributed by atoms with Crippen molar-refractivity contribution in [2.45, 2.75) is 19.3 Å². The van der Waals surface area contributed by atoms with Crippen LogP contribution in [0, 0.1) is 0 Å². The highest BCUT2D eigenvalue weighted by molar-refractivity contribution is 6.36. The smallest absolute Gasteiger partial charge is 0.197 e. The van der Waals surface area contributed by atoms with Gasteiger partial charge in [-0.25, -0.2) is 0 Å². The quantitative estimate of drug-likeness (QED) is 0.682. The topological polar surface area (TPSA) is 3.01 Å². The van der Waals surface area contributed by atoms with Crippen LogP contribution < -0.4 is 0 Å². The van der Waals surface area contributed by atoms with Crippen molar-refractivity contribution in [2.75, 3.05) is 7.05 Å². The lowest BCUT2D eigenvalue weighted by Crippen LogP contribution is -2.29. The van der Waals surface area contributed by atoms with E-state index in [-0.39, 0.29) is 5.41 Å². The largest absolute Gasteiger partial charge is 0.209 e. The van der Waals surface area contributed by atoms with Crippen molar-refractivity contribution < 1.29 is 4.58 Å². The van der Waals surface area contributed by atoms with Crippen molar-refractivity contribution in [1.82, 2.24) is 0 Å². The molecule has 1 aliphatic heterocycles. The molecule has 0 aromatic heterocycles. The molecule has 1 nitrogen and oxygen atoms in total. The van der Waals surface area contributed by atoms with Crippen molar-refractivity contribution in [2.24, 2.45) is 0 Å². The Balaban J connectivity index is 2.18. The number of rotatable bonds is 2. The van der Waals surface area contributed by atoms with Gasteiger partial charge in [-0.05, 0) is 19.9 Å². The predicted octanol–water partition coefficient (Wildman–Crippen LogP) is 5.06. The summed E-state index contributed by atoms with van der Waals surface area (Å²) in [4.78, 5) is 0. The van der Waals surface area contributed by atoms with Gasteiger partial charge in [0.1, 0.15) is 7.05 Å². The molecule has 0 saturated heterocycles. The molecule has 1 heterocycles. The van der Waals surface area contributed by atoms with Crippen molar-refractivity contribution in [3.8, 4) is 0 Å². The number of benzene rings is 2. The molecule has 21 heavy (non-hydrogen) atoms. The Morgan fingerprint density at radius 2 is 1.67 bits per heavy atom. The number of halogens is 1. The minimum Gasteiger partial charge on any atom is -0.197 e. The molecule has 0 unspecified atom stereocenters. The van der Waals surface area contributed by atoms with Crippen LogP contribution in [0.5, 0.6) is 0 Å². The maximum Gasteiger partial charge on any atom is 0.209 e. The Morgan fingerprint density at radius 3 is 2.33 bits per heavy atom. The van der Waals surface area contributed by atoms with Crippen LogP contribution in [-0.2, 0) is 5.41 Å². The maximum atomic E-state index is 6.36. The molecule has 2 heteroatoms. The number of fused-ring (bicyclic) bond motifs is 1. The highest BCUT2D eigenvalue weighted by Crippen LogP contribution is 2.42. The molecular weight excluding hydrogens is 278 g/mol. The third kappa shape index (κ3) is 2.04. The summed E-state index contributed by atoms with van der Waals surface area (Å²) in [6, 6.07) is 16.4. The fourth-order valence-corrected chi connectivity index (χ4v) is 3.62. The summed E-state index contributed by atoms with van der Waals surface area (Å²) < 4.78 is 2.24. The summed E-state index contributed by atoms with van der Waals surface area (Å²) in [6.07, 6.45) is 0. The minimum absolute atomic E-state index is 0.0817. The third-order valence-electron chi connectivity index (χ3n) is 4.35. The summed E-state index contributed by atoms with van der Waals surface area (Å²) in [5.41, 5.74) is 5.69. The number of hydrogen-bond acceptors (Lipinski definition) is 0. The lowest BCUT2D eigenvalue weighted by Gasteiger charge is -2.19. The lowest BCUT2D eigenvalue weighted by molar-refractivity contribution is -0.401. The predicted molar refractivity (Wildman–Crippen MR) is 90.8 cm³/mol. The maximum absolute atomic E-state index is 6.36. The fourth-order valence-electron chi connectivity index (χ4n) is 3.38. The number of nitrogens with zero attached hydrogens (tertiary/aromatic N) is 1. The molecule has 0 aliphatic carbocycles. The van der Waals surface area contributed by atoms with Crippen LogP contribution in [-0.4, -0.2) is 17.3 Å². The Kier molecular flexibility index (Phi) is 3.26. The van der Waals surface area contributed by atoms with Crippen molar-refractivity contribution in [1.29, 1.82) is 0 Å². The molecule has 2 aromatic rings. The van der Waals surface area contributed by atoms with E-state index in [9.17, 15) is 0 Å². The highest BCUT2D eigenvalue weighted by Gasteiger charge is 2.45. The molecule has 0 atom stereocenters. The van der Waals surface area contributed by atoms with Crippen molar-refractivity contribution in [3.05, 3.63) is 71.3 Å². The zero-order valence-corrected chi connectivity index (χ0v) is 13.4. The molecule has 0 bridgehead atoms. The van der Waals surface area contributed by atoms with E-state index in [4.69, 9.17) is 11.6 Å². The second kappa shape index (κ2) is 4.85. The van der Waals surface area contributed by atoms with Crippen molar-refractivity contribution in [3.63, 3.8) is 0 Å². The molecule has 106 valence electrons. The van der Waals surface area contributed by atoms with Crippen molar-refractivity contribution >= 4 is 28.6 Å². The first kappa shape index (κ1) is 14.1. The third-order valence-corrected chi connectivity index (χ3v) is 4.68. The summed E-state index contributed by atoms with van der Waals surface area (Å²) in [5, 5.41) is 0.746. The van der Waals surface area contributed by atoms with E-state index >= 15 is 0 Å². The fraction of sp³-hybridized carbons (Fsp3) is 0.211. The van der Waals surface area contributed by atoms with Gasteiger partial charge in [0, 0.05) is 27.8 Å². The van der Waals surface area contributed by atoms with Gasteiger partial charge in [-0.1, -0.05) is 54.6 Å². The molecule has 0 spiro atoms. The molecule has 0 fully saturated rings.